The molecule has 0 aromatic heterocycles. The SMILES string of the molecule is CN1CCc2c(CCC=O)cccc21. The normalized spacial score (nSPS) is 14.2. The number of hydrogen-bond donors (Lipinski definition) is 0. The van der Waals surface area contributed by atoms with Crippen molar-refractivity contribution in [3.8, 4) is 0 Å². The van der Waals surface area contributed by atoms with Crippen LogP contribution >= 0.6 is 0 Å². The molecule has 0 radical (unpaired) electrons. The number of aldehydes is 1. The first-order valence-electron chi connectivity index (χ1n) is 5.08. The molecule has 1 aliphatic rings. The number of hydrogen-bond acceptors (Lipinski definition) is 2. The summed E-state index contributed by atoms with van der Waals surface area (Å²) >= 11 is 0. The van der Waals surface area contributed by atoms with Crippen LogP contribution in [0.1, 0.15) is 17.5 Å². The van der Waals surface area contributed by atoms with Crippen molar-refractivity contribution in [3.05, 3.63) is 29.3 Å². The molecule has 0 saturated heterocycles. The smallest absolute Gasteiger partial charge is 0.120 e. The second-order valence-corrected chi connectivity index (χ2v) is 3.79. The minimum Gasteiger partial charge on any atom is -0.374 e. The summed E-state index contributed by atoms with van der Waals surface area (Å²) in [5, 5.41) is 0. The van der Waals surface area contributed by atoms with E-state index in [1.54, 1.807) is 0 Å². The summed E-state index contributed by atoms with van der Waals surface area (Å²) in [5.74, 6) is 0. The van der Waals surface area contributed by atoms with Crippen LogP contribution in [0.2, 0.25) is 0 Å². The molecular formula is C12H15NO. The summed E-state index contributed by atoms with van der Waals surface area (Å²) < 4.78 is 0. The molecule has 2 heteroatoms. The van der Waals surface area contributed by atoms with Gasteiger partial charge in [-0.1, -0.05) is 12.1 Å². The van der Waals surface area contributed by atoms with Crippen LogP contribution in [-0.4, -0.2) is 19.9 Å². The van der Waals surface area contributed by atoms with Gasteiger partial charge in [-0.05, 0) is 30.0 Å². The van der Waals surface area contributed by atoms with E-state index in [-0.39, 0.29) is 0 Å². The van der Waals surface area contributed by atoms with Crippen LogP contribution in [0.4, 0.5) is 5.69 Å². The number of anilines is 1. The summed E-state index contributed by atoms with van der Waals surface area (Å²) in [6.45, 7) is 1.10. The van der Waals surface area contributed by atoms with Crippen molar-refractivity contribution < 1.29 is 4.79 Å². The van der Waals surface area contributed by atoms with Gasteiger partial charge < -0.3 is 9.69 Å². The monoisotopic (exact) mass is 189 g/mol. The van der Waals surface area contributed by atoms with E-state index in [1.165, 1.54) is 16.8 Å². The highest BCUT2D eigenvalue weighted by Gasteiger charge is 2.17. The Labute approximate surface area is 84.5 Å². The lowest BCUT2D eigenvalue weighted by Crippen LogP contribution is -2.12. The van der Waals surface area contributed by atoms with E-state index in [2.05, 4.69) is 30.1 Å². The maximum absolute atomic E-state index is 10.3. The first-order chi connectivity index (χ1) is 6.83. The Morgan fingerprint density at radius 3 is 3.14 bits per heavy atom. The highest BCUT2D eigenvalue weighted by atomic mass is 16.1. The molecule has 1 aromatic rings. The number of likely N-dealkylation sites (N-methyl/N-ethyl adjacent to an activating group) is 1. The quantitative estimate of drug-likeness (QED) is 0.676. The van der Waals surface area contributed by atoms with E-state index in [9.17, 15) is 4.79 Å². The van der Waals surface area contributed by atoms with Gasteiger partial charge in [0, 0.05) is 25.7 Å². The van der Waals surface area contributed by atoms with E-state index < -0.39 is 0 Å². The summed E-state index contributed by atoms with van der Waals surface area (Å²) in [6, 6.07) is 6.38. The van der Waals surface area contributed by atoms with Crippen molar-refractivity contribution in [1.82, 2.24) is 0 Å². The van der Waals surface area contributed by atoms with Crippen molar-refractivity contribution in [2.45, 2.75) is 19.3 Å². The molecule has 0 spiro atoms. The van der Waals surface area contributed by atoms with Crippen molar-refractivity contribution in [2.75, 3.05) is 18.5 Å². The van der Waals surface area contributed by atoms with Crippen molar-refractivity contribution in [1.29, 1.82) is 0 Å². The molecule has 0 fully saturated rings. The molecule has 2 rings (SSSR count). The minimum absolute atomic E-state index is 0.639. The van der Waals surface area contributed by atoms with Crippen LogP contribution in [0, 0.1) is 0 Å². The Morgan fingerprint density at radius 1 is 1.50 bits per heavy atom. The third-order valence-corrected chi connectivity index (χ3v) is 2.89. The van der Waals surface area contributed by atoms with Gasteiger partial charge in [0.2, 0.25) is 0 Å². The maximum atomic E-state index is 10.3. The molecule has 0 aliphatic carbocycles. The number of carbonyl (C=O) groups is 1. The lowest BCUT2D eigenvalue weighted by atomic mass is 10.0. The largest absolute Gasteiger partial charge is 0.374 e. The fourth-order valence-electron chi connectivity index (χ4n) is 2.12. The second kappa shape index (κ2) is 3.82. The molecule has 1 aromatic carbocycles. The van der Waals surface area contributed by atoms with Gasteiger partial charge in [0.1, 0.15) is 6.29 Å². The van der Waals surface area contributed by atoms with Crippen molar-refractivity contribution >= 4 is 12.0 Å². The Balaban J connectivity index is 2.29. The number of carbonyl (C=O) groups excluding carboxylic acids is 1. The highest BCUT2D eigenvalue weighted by Crippen LogP contribution is 2.29. The molecule has 0 atom stereocenters. The molecule has 0 saturated carbocycles. The van der Waals surface area contributed by atoms with Crippen molar-refractivity contribution in [3.63, 3.8) is 0 Å². The average Bonchev–Trinajstić information content (AvgIpc) is 2.58. The number of aryl methyl sites for hydroxylation is 1. The van der Waals surface area contributed by atoms with Crippen LogP contribution < -0.4 is 4.90 Å². The van der Waals surface area contributed by atoms with Gasteiger partial charge in [0.25, 0.3) is 0 Å². The van der Waals surface area contributed by atoms with Crippen LogP contribution in [-0.2, 0) is 17.6 Å². The lowest BCUT2D eigenvalue weighted by molar-refractivity contribution is -0.107. The molecule has 0 unspecified atom stereocenters. The van der Waals surface area contributed by atoms with Crippen LogP contribution in [0.15, 0.2) is 18.2 Å². The number of fused-ring (bicyclic) bond motifs is 1. The molecule has 14 heavy (non-hydrogen) atoms. The van der Waals surface area contributed by atoms with Crippen molar-refractivity contribution in [2.24, 2.45) is 0 Å². The number of nitrogens with zero attached hydrogens (tertiary/aromatic N) is 1. The molecule has 1 aliphatic heterocycles. The Bertz CT molecular complexity index is 346. The van der Waals surface area contributed by atoms with Gasteiger partial charge in [-0.3, -0.25) is 0 Å². The van der Waals surface area contributed by atoms with Crippen LogP contribution in [0.5, 0.6) is 0 Å². The van der Waals surface area contributed by atoms with E-state index in [0.717, 1.165) is 25.7 Å². The molecule has 0 bridgehead atoms. The van der Waals surface area contributed by atoms with Crippen LogP contribution in [0.3, 0.4) is 0 Å². The number of rotatable bonds is 3. The Hall–Kier alpha value is -1.31. The number of benzene rings is 1. The van der Waals surface area contributed by atoms with Gasteiger partial charge in [-0.2, -0.15) is 0 Å². The summed E-state index contributed by atoms with van der Waals surface area (Å²) in [5.41, 5.74) is 4.13. The van der Waals surface area contributed by atoms with E-state index in [0.29, 0.717) is 6.42 Å². The molecular weight excluding hydrogens is 174 g/mol. The zero-order chi connectivity index (χ0) is 9.97. The first kappa shape index (κ1) is 9.25. The maximum Gasteiger partial charge on any atom is 0.120 e. The topological polar surface area (TPSA) is 20.3 Å². The average molecular weight is 189 g/mol. The highest BCUT2D eigenvalue weighted by molar-refractivity contribution is 5.61. The summed E-state index contributed by atoms with van der Waals surface area (Å²) in [6.07, 6.45) is 3.65. The summed E-state index contributed by atoms with van der Waals surface area (Å²) in [4.78, 5) is 12.6. The van der Waals surface area contributed by atoms with Gasteiger partial charge in [0.05, 0.1) is 0 Å². The molecule has 0 N–H and O–H groups in total. The lowest BCUT2D eigenvalue weighted by Gasteiger charge is -2.12. The minimum atomic E-state index is 0.639. The molecule has 74 valence electrons. The third-order valence-electron chi connectivity index (χ3n) is 2.89. The molecule has 1 heterocycles. The van der Waals surface area contributed by atoms with Crippen LogP contribution in [0.25, 0.3) is 0 Å². The predicted molar refractivity (Wildman–Crippen MR) is 57.8 cm³/mol. The van der Waals surface area contributed by atoms with Gasteiger partial charge in [-0.15, -0.1) is 0 Å². The zero-order valence-corrected chi connectivity index (χ0v) is 8.49. The first-order valence-corrected chi connectivity index (χ1v) is 5.08. The molecule has 2 nitrogen and oxygen atoms in total. The Morgan fingerprint density at radius 2 is 2.36 bits per heavy atom. The standard InChI is InChI=1S/C12H15NO/c1-13-8-7-11-10(5-3-9-14)4-2-6-12(11)13/h2,4,6,9H,3,5,7-8H2,1H3. The van der Waals surface area contributed by atoms with Gasteiger partial charge in [0.15, 0.2) is 0 Å². The third kappa shape index (κ3) is 1.52. The van der Waals surface area contributed by atoms with E-state index in [1.807, 2.05) is 0 Å². The fraction of sp³-hybridized carbons (Fsp3) is 0.417. The zero-order valence-electron chi connectivity index (χ0n) is 8.49. The fourth-order valence-corrected chi connectivity index (χ4v) is 2.12. The van der Waals surface area contributed by atoms with Gasteiger partial charge >= 0.3 is 0 Å². The summed E-state index contributed by atoms with van der Waals surface area (Å²) in [7, 11) is 2.12. The molecule has 0 amide bonds. The van der Waals surface area contributed by atoms with Gasteiger partial charge in [-0.25, -0.2) is 0 Å². The Kier molecular flexibility index (Phi) is 2.53. The predicted octanol–water partition coefficient (Wildman–Crippen LogP) is 1.81. The second-order valence-electron chi connectivity index (χ2n) is 3.79. The van der Waals surface area contributed by atoms with E-state index >= 15 is 0 Å². The van der Waals surface area contributed by atoms with E-state index in [4.69, 9.17) is 0 Å².